The van der Waals surface area contributed by atoms with E-state index in [0.717, 1.165) is 6.07 Å². The van der Waals surface area contributed by atoms with Crippen molar-refractivity contribution in [3.05, 3.63) is 64.0 Å². The van der Waals surface area contributed by atoms with E-state index in [1.165, 1.54) is 43.3 Å². The standard InChI is InChI=1S/C16H13FN2O5/c1-10(20)14-7-6-13(8-15(14)17)24-9-16(21)18-11-2-4-12(5-3-11)19(22)23/h2-8H,9H2,1H3,(H,18,21). The molecule has 24 heavy (non-hydrogen) atoms. The second-order valence-corrected chi connectivity index (χ2v) is 4.84. The Morgan fingerprint density at radius 1 is 1.21 bits per heavy atom. The molecule has 0 spiro atoms. The van der Waals surface area contributed by atoms with Crippen LogP contribution in [0.3, 0.4) is 0 Å². The number of hydrogen-bond acceptors (Lipinski definition) is 5. The molecule has 0 radical (unpaired) electrons. The fourth-order valence-corrected chi connectivity index (χ4v) is 1.88. The van der Waals surface area contributed by atoms with Crippen LogP contribution in [0.1, 0.15) is 17.3 Å². The Hall–Kier alpha value is -3.29. The van der Waals surface area contributed by atoms with Crippen LogP contribution < -0.4 is 10.1 Å². The third kappa shape index (κ3) is 4.35. The Kier molecular flexibility index (Phi) is 5.20. The highest BCUT2D eigenvalue weighted by Crippen LogP contribution is 2.18. The normalized spacial score (nSPS) is 10.1. The first-order chi connectivity index (χ1) is 11.4. The van der Waals surface area contributed by atoms with Crippen molar-refractivity contribution in [3.63, 3.8) is 0 Å². The van der Waals surface area contributed by atoms with E-state index in [0.29, 0.717) is 5.69 Å². The van der Waals surface area contributed by atoms with Crippen molar-refractivity contribution in [1.82, 2.24) is 0 Å². The number of Topliss-reactive ketones (excluding diaryl/α,β-unsaturated/α-hetero) is 1. The smallest absolute Gasteiger partial charge is 0.269 e. The van der Waals surface area contributed by atoms with Crippen LogP contribution >= 0.6 is 0 Å². The maximum Gasteiger partial charge on any atom is 0.269 e. The van der Waals surface area contributed by atoms with Crippen molar-refractivity contribution in [3.8, 4) is 5.75 Å². The molecule has 0 fully saturated rings. The lowest BCUT2D eigenvalue weighted by molar-refractivity contribution is -0.384. The van der Waals surface area contributed by atoms with Gasteiger partial charge in [-0.15, -0.1) is 0 Å². The van der Waals surface area contributed by atoms with Crippen LogP contribution in [-0.4, -0.2) is 23.2 Å². The molecule has 1 N–H and O–H groups in total. The zero-order valence-corrected chi connectivity index (χ0v) is 12.6. The monoisotopic (exact) mass is 332 g/mol. The van der Waals surface area contributed by atoms with Crippen LogP contribution in [-0.2, 0) is 4.79 Å². The molecular weight excluding hydrogens is 319 g/mol. The third-order valence-electron chi connectivity index (χ3n) is 3.05. The lowest BCUT2D eigenvalue weighted by Gasteiger charge is -2.08. The van der Waals surface area contributed by atoms with E-state index in [-0.39, 0.29) is 23.6 Å². The summed E-state index contributed by atoms with van der Waals surface area (Å²) in [7, 11) is 0. The maximum absolute atomic E-state index is 13.6. The number of carbonyl (C=O) groups is 2. The molecule has 124 valence electrons. The molecule has 0 atom stereocenters. The molecule has 0 saturated carbocycles. The number of halogens is 1. The number of nitro benzene ring substituents is 1. The van der Waals surface area contributed by atoms with E-state index in [1.807, 2.05) is 0 Å². The van der Waals surface area contributed by atoms with Crippen LogP contribution in [0.4, 0.5) is 15.8 Å². The molecule has 0 aliphatic rings. The van der Waals surface area contributed by atoms with Gasteiger partial charge in [-0.25, -0.2) is 4.39 Å². The minimum absolute atomic E-state index is 0.0577. The number of nitro groups is 1. The van der Waals surface area contributed by atoms with E-state index >= 15 is 0 Å². The average molecular weight is 332 g/mol. The Morgan fingerprint density at radius 2 is 1.88 bits per heavy atom. The first-order valence-electron chi connectivity index (χ1n) is 6.84. The second kappa shape index (κ2) is 7.32. The number of nitrogens with one attached hydrogen (secondary N) is 1. The summed E-state index contributed by atoms with van der Waals surface area (Å²) in [5.41, 5.74) is 0.218. The first-order valence-corrected chi connectivity index (χ1v) is 6.84. The first kappa shape index (κ1) is 17.1. The molecule has 2 aromatic rings. The minimum atomic E-state index is -0.726. The van der Waals surface area contributed by atoms with Crippen LogP contribution in [0.5, 0.6) is 5.75 Å². The van der Waals surface area contributed by atoms with Crippen LogP contribution in [0.15, 0.2) is 42.5 Å². The zero-order chi connectivity index (χ0) is 17.7. The summed E-state index contributed by atoms with van der Waals surface area (Å²) in [4.78, 5) is 32.9. The Balaban J connectivity index is 1.92. The number of nitrogens with zero attached hydrogens (tertiary/aromatic N) is 1. The van der Waals surface area contributed by atoms with Crippen molar-refractivity contribution in [2.24, 2.45) is 0 Å². The van der Waals surface area contributed by atoms with Gasteiger partial charge in [0, 0.05) is 23.9 Å². The molecule has 8 heteroatoms. The van der Waals surface area contributed by atoms with Gasteiger partial charge in [-0.3, -0.25) is 19.7 Å². The molecule has 0 aromatic heterocycles. The van der Waals surface area contributed by atoms with E-state index in [4.69, 9.17) is 4.74 Å². The molecule has 0 bridgehead atoms. The summed E-state index contributed by atoms with van der Waals surface area (Å²) in [6.07, 6.45) is 0. The van der Waals surface area contributed by atoms with Crippen LogP contribution in [0.2, 0.25) is 0 Å². The van der Waals surface area contributed by atoms with E-state index in [2.05, 4.69) is 5.32 Å². The van der Waals surface area contributed by atoms with Crippen molar-refractivity contribution < 1.29 is 23.6 Å². The topological polar surface area (TPSA) is 98.5 Å². The second-order valence-electron chi connectivity index (χ2n) is 4.84. The summed E-state index contributed by atoms with van der Waals surface area (Å²) in [5.74, 6) is -1.54. The van der Waals surface area contributed by atoms with Crippen LogP contribution in [0, 0.1) is 15.9 Å². The third-order valence-corrected chi connectivity index (χ3v) is 3.05. The average Bonchev–Trinajstić information content (AvgIpc) is 2.53. The van der Waals surface area contributed by atoms with Gasteiger partial charge in [0.1, 0.15) is 11.6 Å². The molecule has 1 amide bonds. The van der Waals surface area contributed by atoms with Gasteiger partial charge in [0.2, 0.25) is 0 Å². The quantitative estimate of drug-likeness (QED) is 0.498. The predicted molar refractivity (Wildman–Crippen MR) is 83.6 cm³/mol. The number of non-ortho nitro benzene ring substituents is 1. The zero-order valence-electron chi connectivity index (χ0n) is 12.6. The number of hydrogen-bond donors (Lipinski definition) is 1. The Bertz CT molecular complexity index is 790. The summed E-state index contributed by atoms with van der Waals surface area (Å²) in [6, 6.07) is 8.98. The minimum Gasteiger partial charge on any atom is -0.484 e. The highest BCUT2D eigenvalue weighted by molar-refractivity contribution is 5.94. The summed E-state index contributed by atoms with van der Waals surface area (Å²) >= 11 is 0. The summed E-state index contributed by atoms with van der Waals surface area (Å²) in [6.45, 7) is 0.867. The van der Waals surface area contributed by atoms with Gasteiger partial charge in [0.25, 0.3) is 11.6 Å². The molecule has 2 rings (SSSR count). The fourth-order valence-electron chi connectivity index (χ4n) is 1.88. The molecule has 0 unspecified atom stereocenters. The highest BCUT2D eigenvalue weighted by Gasteiger charge is 2.10. The van der Waals surface area contributed by atoms with Crippen molar-refractivity contribution >= 4 is 23.1 Å². The van der Waals surface area contributed by atoms with Gasteiger partial charge in [0.15, 0.2) is 12.4 Å². The number of ketones is 1. The molecule has 0 aliphatic heterocycles. The number of ether oxygens (including phenoxy) is 1. The number of benzene rings is 2. The molecule has 0 aliphatic carbocycles. The lowest BCUT2D eigenvalue weighted by Crippen LogP contribution is -2.20. The SMILES string of the molecule is CC(=O)c1ccc(OCC(=O)Nc2ccc([N+](=O)[O-])cc2)cc1F. The fraction of sp³-hybridized carbons (Fsp3) is 0.125. The predicted octanol–water partition coefficient (Wildman–Crippen LogP) is 2.95. The van der Waals surface area contributed by atoms with E-state index in [9.17, 15) is 24.1 Å². The van der Waals surface area contributed by atoms with Crippen molar-refractivity contribution in [1.29, 1.82) is 0 Å². The number of carbonyl (C=O) groups excluding carboxylic acids is 2. The molecule has 0 heterocycles. The Morgan fingerprint density at radius 3 is 2.42 bits per heavy atom. The lowest BCUT2D eigenvalue weighted by atomic mass is 10.1. The maximum atomic E-state index is 13.6. The van der Waals surface area contributed by atoms with Gasteiger partial charge in [0.05, 0.1) is 10.5 Å². The molecule has 0 saturated heterocycles. The van der Waals surface area contributed by atoms with Crippen LogP contribution in [0.25, 0.3) is 0 Å². The summed E-state index contributed by atoms with van der Waals surface area (Å²) < 4.78 is 18.8. The molecule has 7 nitrogen and oxygen atoms in total. The van der Waals surface area contributed by atoms with Crippen molar-refractivity contribution in [2.75, 3.05) is 11.9 Å². The Labute approximate surface area is 136 Å². The molecular formula is C16H13FN2O5. The number of amides is 1. The highest BCUT2D eigenvalue weighted by atomic mass is 19.1. The molecule has 2 aromatic carbocycles. The largest absolute Gasteiger partial charge is 0.484 e. The van der Waals surface area contributed by atoms with Gasteiger partial charge in [-0.05, 0) is 31.2 Å². The van der Waals surface area contributed by atoms with Gasteiger partial charge >= 0.3 is 0 Å². The van der Waals surface area contributed by atoms with Gasteiger partial charge in [-0.1, -0.05) is 0 Å². The van der Waals surface area contributed by atoms with Gasteiger partial charge in [-0.2, -0.15) is 0 Å². The van der Waals surface area contributed by atoms with E-state index in [1.54, 1.807) is 0 Å². The summed E-state index contributed by atoms with van der Waals surface area (Å²) in [5, 5.41) is 13.0. The van der Waals surface area contributed by atoms with E-state index < -0.39 is 22.4 Å². The van der Waals surface area contributed by atoms with Gasteiger partial charge < -0.3 is 10.1 Å². The van der Waals surface area contributed by atoms with Crippen molar-refractivity contribution in [2.45, 2.75) is 6.92 Å². The number of anilines is 1. The number of rotatable bonds is 6.